The number of hydrogen-bond acceptors (Lipinski definition) is 3. The van der Waals surface area contributed by atoms with Crippen molar-refractivity contribution in [3.8, 4) is 11.5 Å². The number of methoxy groups -OCH3 is 1. The lowest BCUT2D eigenvalue weighted by Crippen LogP contribution is -2.19. The van der Waals surface area contributed by atoms with Crippen LogP contribution in [0, 0.1) is 12.7 Å². The summed E-state index contributed by atoms with van der Waals surface area (Å²) >= 11 is 0. The van der Waals surface area contributed by atoms with Gasteiger partial charge in [0.25, 0.3) is 0 Å². The van der Waals surface area contributed by atoms with E-state index in [1.54, 1.807) is 7.11 Å². The molecule has 0 aliphatic carbocycles. The van der Waals surface area contributed by atoms with Crippen LogP contribution in [0.25, 0.3) is 0 Å². The minimum atomic E-state index is -0.356. The number of aryl methyl sites for hydroxylation is 1. The summed E-state index contributed by atoms with van der Waals surface area (Å²) in [6, 6.07) is 9.94. The molecule has 0 spiro atoms. The van der Waals surface area contributed by atoms with Crippen molar-refractivity contribution in [2.45, 2.75) is 26.4 Å². The summed E-state index contributed by atoms with van der Waals surface area (Å²) in [5.41, 5.74) is 2.72. The van der Waals surface area contributed by atoms with Gasteiger partial charge in [-0.15, -0.1) is 0 Å². The first kappa shape index (κ1) is 15.3. The van der Waals surface area contributed by atoms with Gasteiger partial charge in [-0.1, -0.05) is 17.7 Å². The van der Waals surface area contributed by atoms with Crippen molar-refractivity contribution in [3.05, 3.63) is 58.9 Å². The number of ether oxygens (including phenoxy) is 1. The highest BCUT2D eigenvalue weighted by molar-refractivity contribution is 5.39. The van der Waals surface area contributed by atoms with Crippen molar-refractivity contribution in [3.63, 3.8) is 0 Å². The van der Waals surface area contributed by atoms with Crippen LogP contribution in [0.3, 0.4) is 0 Å². The topological polar surface area (TPSA) is 41.5 Å². The second-order valence-corrected chi connectivity index (χ2v) is 5.12. The van der Waals surface area contributed by atoms with E-state index in [0.717, 1.165) is 16.9 Å². The molecule has 0 saturated heterocycles. The second-order valence-electron chi connectivity index (χ2n) is 5.12. The number of nitrogens with one attached hydrogen (secondary N) is 1. The average molecular weight is 289 g/mol. The standard InChI is InChI=1S/C17H20FNO2/c1-11-4-7-17(21-3)15(8-11)12(2)19-10-13-9-14(18)5-6-16(13)20/h4-9,12,19-20H,10H2,1-3H3. The van der Waals surface area contributed by atoms with E-state index in [9.17, 15) is 9.50 Å². The summed E-state index contributed by atoms with van der Waals surface area (Å²) in [4.78, 5) is 0. The third-order valence-electron chi connectivity index (χ3n) is 3.49. The number of halogens is 1. The van der Waals surface area contributed by atoms with Gasteiger partial charge in [-0.25, -0.2) is 4.39 Å². The van der Waals surface area contributed by atoms with E-state index in [-0.39, 0.29) is 17.6 Å². The molecule has 4 heteroatoms. The lowest BCUT2D eigenvalue weighted by atomic mass is 10.0. The first-order chi connectivity index (χ1) is 10.0. The minimum absolute atomic E-state index is 0.0162. The Morgan fingerprint density at radius 1 is 1.24 bits per heavy atom. The van der Waals surface area contributed by atoms with Crippen molar-refractivity contribution in [2.75, 3.05) is 7.11 Å². The van der Waals surface area contributed by atoms with Crippen LogP contribution in [0.5, 0.6) is 11.5 Å². The molecule has 2 N–H and O–H groups in total. The van der Waals surface area contributed by atoms with Gasteiger partial charge in [0.15, 0.2) is 0 Å². The molecule has 1 atom stereocenters. The molecule has 2 aromatic carbocycles. The molecule has 0 radical (unpaired) electrons. The maximum atomic E-state index is 13.2. The maximum absolute atomic E-state index is 13.2. The van der Waals surface area contributed by atoms with Crippen molar-refractivity contribution in [1.82, 2.24) is 5.32 Å². The summed E-state index contributed by atoms with van der Waals surface area (Å²) in [5.74, 6) is 0.543. The van der Waals surface area contributed by atoms with Crippen LogP contribution in [0.4, 0.5) is 4.39 Å². The van der Waals surface area contributed by atoms with Crippen LogP contribution in [-0.4, -0.2) is 12.2 Å². The van der Waals surface area contributed by atoms with E-state index in [1.807, 2.05) is 26.0 Å². The molecule has 2 rings (SSSR count). The molecule has 112 valence electrons. The summed E-state index contributed by atoms with van der Waals surface area (Å²) in [7, 11) is 1.64. The monoisotopic (exact) mass is 289 g/mol. The molecule has 2 aromatic rings. The average Bonchev–Trinajstić information content (AvgIpc) is 2.47. The molecule has 0 aliphatic rings. The van der Waals surface area contributed by atoms with Gasteiger partial charge in [-0.2, -0.15) is 0 Å². The van der Waals surface area contributed by atoms with E-state index in [0.29, 0.717) is 12.1 Å². The van der Waals surface area contributed by atoms with E-state index in [1.165, 1.54) is 18.2 Å². The number of phenols is 1. The zero-order valence-electron chi connectivity index (χ0n) is 12.5. The van der Waals surface area contributed by atoms with Crippen LogP contribution in [0.15, 0.2) is 36.4 Å². The molecule has 0 saturated carbocycles. The Kier molecular flexibility index (Phi) is 4.81. The van der Waals surface area contributed by atoms with E-state index in [4.69, 9.17) is 4.74 Å². The number of hydrogen-bond donors (Lipinski definition) is 2. The van der Waals surface area contributed by atoms with Crippen LogP contribution < -0.4 is 10.1 Å². The molecule has 3 nitrogen and oxygen atoms in total. The van der Waals surface area contributed by atoms with E-state index < -0.39 is 0 Å². The minimum Gasteiger partial charge on any atom is -0.508 e. The van der Waals surface area contributed by atoms with Gasteiger partial charge in [-0.3, -0.25) is 0 Å². The molecule has 1 unspecified atom stereocenters. The smallest absolute Gasteiger partial charge is 0.123 e. The lowest BCUT2D eigenvalue weighted by molar-refractivity contribution is 0.400. The highest BCUT2D eigenvalue weighted by Gasteiger charge is 2.12. The predicted octanol–water partition coefficient (Wildman–Crippen LogP) is 3.70. The van der Waals surface area contributed by atoms with Crippen molar-refractivity contribution in [1.29, 1.82) is 0 Å². The van der Waals surface area contributed by atoms with Crippen molar-refractivity contribution in [2.24, 2.45) is 0 Å². The zero-order valence-corrected chi connectivity index (χ0v) is 12.5. The Morgan fingerprint density at radius 3 is 2.71 bits per heavy atom. The molecule has 0 heterocycles. The Hall–Kier alpha value is -2.07. The molecule has 21 heavy (non-hydrogen) atoms. The second kappa shape index (κ2) is 6.59. The van der Waals surface area contributed by atoms with Gasteiger partial charge in [0.05, 0.1) is 7.11 Å². The van der Waals surface area contributed by atoms with E-state index >= 15 is 0 Å². The predicted molar refractivity (Wildman–Crippen MR) is 81.1 cm³/mol. The zero-order chi connectivity index (χ0) is 15.4. The molecule has 0 aromatic heterocycles. The summed E-state index contributed by atoms with van der Waals surface area (Å²) in [6.45, 7) is 4.41. The first-order valence-electron chi connectivity index (χ1n) is 6.86. The number of aromatic hydroxyl groups is 1. The van der Waals surface area contributed by atoms with Gasteiger partial charge in [0.2, 0.25) is 0 Å². The Morgan fingerprint density at radius 2 is 2.00 bits per heavy atom. The van der Waals surface area contributed by atoms with Crippen LogP contribution >= 0.6 is 0 Å². The van der Waals surface area contributed by atoms with Crippen LogP contribution in [0.2, 0.25) is 0 Å². The third-order valence-corrected chi connectivity index (χ3v) is 3.49. The Bertz CT molecular complexity index is 628. The summed E-state index contributed by atoms with van der Waals surface area (Å²) in [5, 5.41) is 13.0. The van der Waals surface area contributed by atoms with Gasteiger partial charge >= 0.3 is 0 Å². The van der Waals surface area contributed by atoms with E-state index in [2.05, 4.69) is 11.4 Å². The van der Waals surface area contributed by atoms with Crippen molar-refractivity contribution < 1.29 is 14.2 Å². The highest BCUT2D eigenvalue weighted by atomic mass is 19.1. The van der Waals surface area contributed by atoms with Gasteiger partial charge in [0.1, 0.15) is 17.3 Å². The number of rotatable bonds is 5. The van der Waals surface area contributed by atoms with Crippen molar-refractivity contribution >= 4 is 0 Å². The molecular weight excluding hydrogens is 269 g/mol. The highest BCUT2D eigenvalue weighted by Crippen LogP contribution is 2.27. The SMILES string of the molecule is COc1ccc(C)cc1C(C)NCc1cc(F)ccc1O. The third kappa shape index (κ3) is 3.73. The largest absolute Gasteiger partial charge is 0.508 e. The fourth-order valence-electron chi connectivity index (χ4n) is 2.26. The van der Waals surface area contributed by atoms with Gasteiger partial charge < -0.3 is 15.2 Å². The normalized spacial score (nSPS) is 12.2. The molecule has 0 amide bonds. The lowest BCUT2D eigenvalue weighted by Gasteiger charge is -2.18. The fraction of sp³-hybridized carbons (Fsp3) is 0.294. The fourth-order valence-corrected chi connectivity index (χ4v) is 2.26. The quantitative estimate of drug-likeness (QED) is 0.882. The van der Waals surface area contributed by atoms with Crippen LogP contribution in [0.1, 0.15) is 29.7 Å². The van der Waals surface area contributed by atoms with Crippen LogP contribution in [-0.2, 0) is 6.54 Å². The van der Waals surface area contributed by atoms with Gasteiger partial charge in [-0.05, 0) is 38.1 Å². The number of phenolic OH excluding ortho intramolecular Hbond substituents is 1. The molecule has 0 bridgehead atoms. The molecule has 0 aliphatic heterocycles. The molecular formula is C17H20FNO2. The maximum Gasteiger partial charge on any atom is 0.123 e. The number of benzene rings is 2. The van der Waals surface area contributed by atoms with Gasteiger partial charge in [0, 0.05) is 23.7 Å². The Labute approximate surface area is 124 Å². The first-order valence-corrected chi connectivity index (χ1v) is 6.86. The molecule has 0 fully saturated rings. The summed E-state index contributed by atoms with van der Waals surface area (Å²) < 4.78 is 18.6. The Balaban J connectivity index is 2.13. The summed E-state index contributed by atoms with van der Waals surface area (Å²) in [6.07, 6.45) is 0.